The fourth-order valence-corrected chi connectivity index (χ4v) is 2.66. The van der Waals surface area contributed by atoms with E-state index >= 15 is 0 Å². The number of nitrogens with zero attached hydrogens (tertiary/aromatic N) is 2. The van der Waals surface area contributed by atoms with E-state index in [1.54, 1.807) is 6.07 Å². The molecule has 6 amide bonds. The lowest BCUT2D eigenvalue weighted by molar-refractivity contribution is -0.144. The summed E-state index contributed by atoms with van der Waals surface area (Å²) in [5, 5.41) is 5.04. The van der Waals surface area contributed by atoms with Crippen LogP contribution in [0.15, 0.2) is 18.2 Å². The van der Waals surface area contributed by atoms with Crippen LogP contribution >= 0.6 is 0 Å². The lowest BCUT2D eigenvalue weighted by Gasteiger charge is -2.15. The first-order valence-electron chi connectivity index (χ1n) is 9.06. The molecule has 1 aromatic carbocycles. The molecule has 1 aromatic rings. The first-order chi connectivity index (χ1) is 13.3. The number of hydrogen-bond acceptors (Lipinski definition) is 5. The molecule has 1 fully saturated rings. The Hall–Kier alpha value is -3.23. The molecule has 1 heterocycles. The lowest BCUT2D eigenvalue weighted by Crippen LogP contribution is -2.43. The van der Waals surface area contributed by atoms with Crippen LogP contribution in [0.5, 0.6) is 0 Å². The number of hydrogen-bond donors (Lipinski definition) is 2. The van der Waals surface area contributed by atoms with Gasteiger partial charge in [0.1, 0.15) is 6.54 Å². The molecule has 28 heavy (non-hydrogen) atoms. The van der Waals surface area contributed by atoms with Crippen molar-refractivity contribution in [3.63, 3.8) is 0 Å². The second-order valence-corrected chi connectivity index (χ2v) is 6.56. The average molecular weight is 388 g/mol. The van der Waals surface area contributed by atoms with Crippen molar-refractivity contribution in [1.82, 2.24) is 15.1 Å². The number of rotatable bonds is 8. The number of amides is 6. The Balaban J connectivity index is 1.87. The van der Waals surface area contributed by atoms with Gasteiger partial charge in [-0.3, -0.25) is 24.1 Å². The predicted molar refractivity (Wildman–Crippen MR) is 101 cm³/mol. The van der Waals surface area contributed by atoms with Crippen molar-refractivity contribution in [3.8, 4) is 0 Å². The van der Waals surface area contributed by atoms with E-state index in [4.69, 9.17) is 0 Å². The Morgan fingerprint density at radius 1 is 1.00 bits per heavy atom. The highest BCUT2D eigenvalue weighted by atomic mass is 16.2. The number of nitrogens with one attached hydrogen (secondary N) is 2. The van der Waals surface area contributed by atoms with Crippen molar-refractivity contribution in [2.24, 2.45) is 0 Å². The van der Waals surface area contributed by atoms with Gasteiger partial charge >= 0.3 is 17.8 Å². The third kappa shape index (κ3) is 4.73. The fraction of sp³-hybridized carbons (Fsp3) is 0.421. The van der Waals surface area contributed by atoms with Gasteiger partial charge < -0.3 is 10.6 Å². The topological polar surface area (TPSA) is 116 Å². The molecule has 0 spiro atoms. The Bertz CT molecular complexity index is 821. The molecule has 0 unspecified atom stereocenters. The fourth-order valence-electron chi connectivity index (χ4n) is 2.66. The van der Waals surface area contributed by atoms with E-state index in [-0.39, 0.29) is 13.1 Å². The maximum absolute atomic E-state index is 12.2. The highest BCUT2D eigenvalue weighted by Crippen LogP contribution is 2.17. The van der Waals surface area contributed by atoms with E-state index in [0.717, 1.165) is 22.4 Å². The Morgan fingerprint density at radius 2 is 1.68 bits per heavy atom. The van der Waals surface area contributed by atoms with Gasteiger partial charge in [-0.15, -0.1) is 0 Å². The molecular formula is C19H24N4O5. The molecule has 0 bridgehead atoms. The number of imide groups is 2. The van der Waals surface area contributed by atoms with Crippen molar-refractivity contribution in [2.45, 2.75) is 33.6 Å². The second-order valence-electron chi connectivity index (χ2n) is 6.56. The molecular weight excluding hydrogens is 364 g/mol. The number of urea groups is 1. The normalized spacial score (nSPS) is 13.9. The van der Waals surface area contributed by atoms with E-state index in [9.17, 15) is 24.0 Å². The summed E-state index contributed by atoms with van der Waals surface area (Å²) >= 11 is 0. The zero-order valence-corrected chi connectivity index (χ0v) is 16.2. The third-order valence-electron chi connectivity index (χ3n) is 4.50. The molecule has 9 heteroatoms. The van der Waals surface area contributed by atoms with Gasteiger partial charge in [0.25, 0.3) is 0 Å². The van der Waals surface area contributed by atoms with Crippen LogP contribution in [0.25, 0.3) is 0 Å². The number of benzene rings is 1. The number of anilines is 1. The van der Waals surface area contributed by atoms with Crippen LogP contribution in [-0.4, -0.2) is 59.1 Å². The van der Waals surface area contributed by atoms with E-state index in [0.29, 0.717) is 17.0 Å². The number of carbonyl (C=O) groups is 5. The van der Waals surface area contributed by atoms with E-state index in [1.165, 1.54) is 0 Å². The zero-order chi connectivity index (χ0) is 20.8. The molecule has 9 nitrogen and oxygen atoms in total. The highest BCUT2D eigenvalue weighted by Gasteiger charge is 2.44. The summed E-state index contributed by atoms with van der Waals surface area (Å²) in [6.45, 7) is 4.88. The number of carbonyl (C=O) groups excluding carboxylic acids is 5. The largest absolute Gasteiger partial charge is 0.345 e. The Kier molecular flexibility index (Phi) is 6.86. The smallest absolute Gasteiger partial charge is 0.334 e. The first kappa shape index (κ1) is 21.1. The summed E-state index contributed by atoms with van der Waals surface area (Å²) < 4.78 is 0. The van der Waals surface area contributed by atoms with Gasteiger partial charge in [-0.2, -0.15) is 0 Å². The minimum Gasteiger partial charge on any atom is -0.345 e. The van der Waals surface area contributed by atoms with E-state index < -0.39 is 36.2 Å². The van der Waals surface area contributed by atoms with Gasteiger partial charge in [0.2, 0.25) is 11.8 Å². The molecule has 2 rings (SSSR count). The van der Waals surface area contributed by atoms with Gasteiger partial charge in [-0.1, -0.05) is 25.5 Å². The summed E-state index contributed by atoms with van der Waals surface area (Å²) in [5.74, 6) is -3.11. The Labute approximate surface area is 163 Å². The van der Waals surface area contributed by atoms with Crippen molar-refractivity contribution in [3.05, 3.63) is 29.3 Å². The quantitative estimate of drug-likeness (QED) is 0.508. The van der Waals surface area contributed by atoms with Crippen LogP contribution in [0.2, 0.25) is 0 Å². The molecule has 0 aliphatic carbocycles. The molecule has 0 atom stereocenters. The predicted octanol–water partition coefficient (Wildman–Crippen LogP) is 0.949. The first-order valence-corrected chi connectivity index (χ1v) is 9.06. The van der Waals surface area contributed by atoms with E-state index in [2.05, 4.69) is 10.6 Å². The summed E-state index contributed by atoms with van der Waals surface area (Å²) in [7, 11) is 0. The summed E-state index contributed by atoms with van der Waals surface area (Å²) in [5.41, 5.74) is 2.58. The molecule has 0 saturated carbocycles. The molecule has 1 saturated heterocycles. The van der Waals surface area contributed by atoms with Gasteiger partial charge in [0, 0.05) is 12.2 Å². The van der Waals surface area contributed by atoms with Gasteiger partial charge in [-0.05, 0) is 37.5 Å². The highest BCUT2D eigenvalue weighted by molar-refractivity contribution is 6.45. The standard InChI is InChI=1S/C19H24N4O5/c1-4-5-9-22-17(26)18(27)23(19(22)28)11-16(25)20-10-15(24)21-14-8-6-7-12(2)13(14)3/h6-8H,4-5,9-11H2,1-3H3,(H,20,25)(H,21,24). The second kappa shape index (κ2) is 9.12. The SMILES string of the molecule is CCCCN1C(=O)C(=O)N(CC(=O)NCC(=O)Nc2cccc(C)c2C)C1=O. The van der Waals surface area contributed by atoms with Crippen molar-refractivity contribution < 1.29 is 24.0 Å². The van der Waals surface area contributed by atoms with Crippen LogP contribution < -0.4 is 10.6 Å². The maximum atomic E-state index is 12.2. The Morgan fingerprint density at radius 3 is 2.36 bits per heavy atom. The van der Waals surface area contributed by atoms with Gasteiger partial charge in [0.05, 0.1) is 6.54 Å². The van der Waals surface area contributed by atoms with Gasteiger partial charge in [0.15, 0.2) is 0 Å². The summed E-state index contributed by atoms with van der Waals surface area (Å²) in [4.78, 5) is 61.4. The monoisotopic (exact) mass is 388 g/mol. The van der Waals surface area contributed by atoms with Crippen LogP contribution in [0.4, 0.5) is 10.5 Å². The molecule has 1 aliphatic heterocycles. The number of unbranched alkanes of at least 4 members (excludes halogenated alkanes) is 1. The summed E-state index contributed by atoms with van der Waals surface area (Å²) in [6.07, 6.45) is 1.32. The van der Waals surface area contributed by atoms with Crippen molar-refractivity contribution >= 4 is 35.3 Å². The number of aryl methyl sites for hydroxylation is 1. The summed E-state index contributed by atoms with van der Waals surface area (Å²) in [6, 6.07) is 4.67. The van der Waals surface area contributed by atoms with E-state index in [1.807, 2.05) is 32.9 Å². The molecule has 150 valence electrons. The lowest BCUT2D eigenvalue weighted by atomic mass is 10.1. The molecule has 1 aliphatic rings. The average Bonchev–Trinajstić information content (AvgIpc) is 2.85. The minimum atomic E-state index is -1.03. The van der Waals surface area contributed by atoms with Crippen LogP contribution in [0, 0.1) is 13.8 Å². The third-order valence-corrected chi connectivity index (χ3v) is 4.50. The van der Waals surface area contributed by atoms with Crippen molar-refractivity contribution in [1.29, 1.82) is 0 Å². The molecule has 0 aromatic heterocycles. The minimum absolute atomic E-state index is 0.135. The van der Waals surface area contributed by atoms with Crippen LogP contribution in [0.1, 0.15) is 30.9 Å². The molecule has 2 N–H and O–H groups in total. The van der Waals surface area contributed by atoms with Crippen LogP contribution in [0.3, 0.4) is 0 Å². The zero-order valence-electron chi connectivity index (χ0n) is 16.2. The van der Waals surface area contributed by atoms with Crippen LogP contribution in [-0.2, 0) is 19.2 Å². The molecule has 0 radical (unpaired) electrons. The van der Waals surface area contributed by atoms with Crippen molar-refractivity contribution in [2.75, 3.05) is 25.0 Å². The maximum Gasteiger partial charge on any atom is 0.334 e. The van der Waals surface area contributed by atoms with Gasteiger partial charge in [-0.25, -0.2) is 9.69 Å².